The van der Waals surface area contributed by atoms with Crippen LogP contribution in [-0.4, -0.2) is 29.0 Å². The number of nitrogens with one attached hydrogen (secondary N) is 1. The number of nitrogens with zero attached hydrogens (tertiary/aromatic N) is 1. The second-order valence-corrected chi connectivity index (χ2v) is 7.39. The number of benzene rings is 2. The summed E-state index contributed by atoms with van der Waals surface area (Å²) in [5.41, 5.74) is 2.38. The van der Waals surface area contributed by atoms with Gasteiger partial charge in [0.05, 0.1) is 5.75 Å². The van der Waals surface area contributed by atoms with Crippen molar-refractivity contribution in [2.24, 2.45) is 0 Å². The molecule has 4 nitrogen and oxygen atoms in total. The van der Waals surface area contributed by atoms with Crippen LogP contribution in [0.1, 0.15) is 24.0 Å². The van der Waals surface area contributed by atoms with E-state index in [1.807, 2.05) is 29.2 Å². The standard InChI is InChI=1S/C20H20F2N2O2S/c21-17-8-7-16(10-18(17)22)27-13-19(25)23-9-3-6-20(26)24-11-14-4-1-2-5-15(14)12-24/h1-2,4-5,7-8,10H,3,6,9,11-13H2,(H,23,25). The molecule has 0 atom stereocenters. The third kappa shape index (κ3) is 5.29. The van der Waals surface area contributed by atoms with Gasteiger partial charge in [-0.2, -0.15) is 0 Å². The Morgan fingerprint density at radius 1 is 1.04 bits per heavy atom. The Kier molecular flexibility index (Phi) is 6.45. The van der Waals surface area contributed by atoms with Crippen molar-refractivity contribution in [3.8, 4) is 0 Å². The highest BCUT2D eigenvalue weighted by Gasteiger charge is 2.22. The maximum atomic E-state index is 13.1. The lowest BCUT2D eigenvalue weighted by atomic mass is 10.1. The molecule has 2 amide bonds. The number of hydrogen-bond acceptors (Lipinski definition) is 3. The summed E-state index contributed by atoms with van der Waals surface area (Å²) in [7, 11) is 0. The predicted molar refractivity (Wildman–Crippen MR) is 100 cm³/mol. The number of halogens is 2. The average molecular weight is 390 g/mol. The van der Waals surface area contributed by atoms with Gasteiger partial charge in [-0.05, 0) is 35.7 Å². The first kappa shape index (κ1) is 19.4. The molecule has 0 spiro atoms. The van der Waals surface area contributed by atoms with E-state index in [9.17, 15) is 18.4 Å². The molecule has 0 saturated carbocycles. The van der Waals surface area contributed by atoms with Crippen LogP contribution in [0.3, 0.4) is 0 Å². The number of fused-ring (bicyclic) bond motifs is 1. The second-order valence-electron chi connectivity index (χ2n) is 6.34. The molecule has 0 saturated heterocycles. The SMILES string of the molecule is O=C(CSc1ccc(F)c(F)c1)NCCCC(=O)N1Cc2ccccc2C1. The Labute approximate surface area is 160 Å². The zero-order valence-electron chi connectivity index (χ0n) is 14.7. The van der Waals surface area contributed by atoms with Crippen molar-refractivity contribution < 1.29 is 18.4 Å². The predicted octanol–water partition coefficient (Wildman–Crippen LogP) is 3.50. The first-order valence-electron chi connectivity index (χ1n) is 8.72. The highest BCUT2D eigenvalue weighted by Crippen LogP contribution is 2.23. The molecule has 1 aliphatic rings. The first-order chi connectivity index (χ1) is 13.0. The average Bonchev–Trinajstić information content (AvgIpc) is 3.10. The summed E-state index contributed by atoms with van der Waals surface area (Å²) in [4.78, 5) is 26.4. The number of hydrogen-bond donors (Lipinski definition) is 1. The fraction of sp³-hybridized carbons (Fsp3) is 0.300. The fourth-order valence-corrected chi connectivity index (χ4v) is 3.65. The summed E-state index contributed by atoms with van der Waals surface area (Å²) in [6, 6.07) is 11.6. The van der Waals surface area contributed by atoms with E-state index in [1.165, 1.54) is 17.2 Å². The van der Waals surface area contributed by atoms with Crippen LogP contribution in [0.2, 0.25) is 0 Å². The van der Waals surface area contributed by atoms with Gasteiger partial charge in [-0.15, -0.1) is 11.8 Å². The summed E-state index contributed by atoms with van der Waals surface area (Å²) < 4.78 is 26.0. The molecule has 1 heterocycles. The lowest BCUT2D eigenvalue weighted by Crippen LogP contribution is -2.29. The molecular weight excluding hydrogens is 370 g/mol. The van der Waals surface area contributed by atoms with Crippen LogP contribution in [0.4, 0.5) is 8.78 Å². The molecule has 0 bridgehead atoms. The summed E-state index contributed by atoms with van der Waals surface area (Å²) >= 11 is 1.14. The summed E-state index contributed by atoms with van der Waals surface area (Å²) in [6.07, 6.45) is 0.942. The van der Waals surface area contributed by atoms with Crippen LogP contribution in [-0.2, 0) is 22.7 Å². The molecular formula is C20H20F2N2O2S. The molecule has 1 aliphatic heterocycles. The van der Waals surface area contributed by atoms with Crippen LogP contribution in [0.5, 0.6) is 0 Å². The molecule has 142 valence electrons. The van der Waals surface area contributed by atoms with Gasteiger partial charge >= 0.3 is 0 Å². The third-order valence-corrected chi connectivity index (χ3v) is 5.34. The van der Waals surface area contributed by atoms with Crippen molar-refractivity contribution in [1.29, 1.82) is 0 Å². The van der Waals surface area contributed by atoms with Gasteiger partial charge in [0.25, 0.3) is 0 Å². The van der Waals surface area contributed by atoms with Crippen molar-refractivity contribution in [2.45, 2.75) is 30.8 Å². The van der Waals surface area contributed by atoms with Gasteiger partial charge in [0.2, 0.25) is 11.8 Å². The molecule has 0 unspecified atom stereocenters. The molecule has 0 fully saturated rings. The Balaban J connectivity index is 1.32. The van der Waals surface area contributed by atoms with E-state index in [4.69, 9.17) is 0 Å². The molecule has 7 heteroatoms. The smallest absolute Gasteiger partial charge is 0.230 e. The summed E-state index contributed by atoms with van der Waals surface area (Å²) in [5.74, 6) is -1.85. The number of thioether (sulfide) groups is 1. The molecule has 2 aromatic carbocycles. The van der Waals surface area contributed by atoms with E-state index in [-0.39, 0.29) is 17.6 Å². The topological polar surface area (TPSA) is 49.4 Å². The number of amides is 2. The number of rotatable bonds is 7. The van der Waals surface area contributed by atoms with E-state index in [0.29, 0.717) is 37.4 Å². The Morgan fingerprint density at radius 2 is 1.74 bits per heavy atom. The van der Waals surface area contributed by atoms with Crippen molar-refractivity contribution in [2.75, 3.05) is 12.3 Å². The monoisotopic (exact) mass is 390 g/mol. The van der Waals surface area contributed by atoms with Crippen LogP contribution in [0.15, 0.2) is 47.4 Å². The first-order valence-corrected chi connectivity index (χ1v) is 9.70. The van der Waals surface area contributed by atoms with Gasteiger partial charge in [0.15, 0.2) is 11.6 Å². The normalized spacial score (nSPS) is 12.7. The van der Waals surface area contributed by atoms with Crippen LogP contribution in [0, 0.1) is 11.6 Å². The quantitative estimate of drug-likeness (QED) is 0.582. The Morgan fingerprint density at radius 3 is 2.41 bits per heavy atom. The Hall–Kier alpha value is -2.41. The summed E-state index contributed by atoms with van der Waals surface area (Å²) in [5, 5.41) is 2.74. The lowest BCUT2D eigenvalue weighted by Gasteiger charge is -2.15. The third-order valence-electron chi connectivity index (χ3n) is 4.34. The molecule has 0 radical (unpaired) electrons. The van der Waals surface area contributed by atoms with Crippen LogP contribution in [0.25, 0.3) is 0 Å². The number of carbonyl (C=O) groups excluding carboxylic acids is 2. The highest BCUT2D eigenvalue weighted by atomic mass is 32.2. The maximum absolute atomic E-state index is 13.1. The highest BCUT2D eigenvalue weighted by molar-refractivity contribution is 8.00. The maximum Gasteiger partial charge on any atom is 0.230 e. The zero-order valence-corrected chi connectivity index (χ0v) is 15.5. The van der Waals surface area contributed by atoms with Gasteiger partial charge in [0, 0.05) is 31.0 Å². The molecule has 0 aliphatic carbocycles. The van der Waals surface area contributed by atoms with E-state index >= 15 is 0 Å². The summed E-state index contributed by atoms with van der Waals surface area (Å²) in [6.45, 7) is 1.70. The molecule has 1 N–H and O–H groups in total. The van der Waals surface area contributed by atoms with Gasteiger partial charge in [0.1, 0.15) is 0 Å². The van der Waals surface area contributed by atoms with Gasteiger partial charge in [-0.1, -0.05) is 24.3 Å². The number of carbonyl (C=O) groups is 2. The zero-order chi connectivity index (χ0) is 19.2. The molecule has 27 heavy (non-hydrogen) atoms. The van der Waals surface area contributed by atoms with E-state index in [0.717, 1.165) is 23.9 Å². The molecule has 2 aromatic rings. The van der Waals surface area contributed by atoms with Gasteiger partial charge in [-0.25, -0.2) is 8.78 Å². The van der Waals surface area contributed by atoms with Crippen molar-refractivity contribution in [3.05, 3.63) is 65.2 Å². The van der Waals surface area contributed by atoms with Crippen LogP contribution >= 0.6 is 11.8 Å². The van der Waals surface area contributed by atoms with Gasteiger partial charge < -0.3 is 10.2 Å². The van der Waals surface area contributed by atoms with Crippen molar-refractivity contribution >= 4 is 23.6 Å². The minimum Gasteiger partial charge on any atom is -0.355 e. The van der Waals surface area contributed by atoms with Gasteiger partial charge in [-0.3, -0.25) is 9.59 Å². The minimum atomic E-state index is -0.928. The van der Waals surface area contributed by atoms with E-state index in [1.54, 1.807) is 0 Å². The van der Waals surface area contributed by atoms with E-state index in [2.05, 4.69) is 5.32 Å². The molecule has 0 aromatic heterocycles. The molecule has 3 rings (SSSR count). The van der Waals surface area contributed by atoms with Crippen molar-refractivity contribution in [3.63, 3.8) is 0 Å². The Bertz CT molecular complexity index is 819. The largest absolute Gasteiger partial charge is 0.355 e. The van der Waals surface area contributed by atoms with Crippen molar-refractivity contribution in [1.82, 2.24) is 10.2 Å². The van der Waals surface area contributed by atoms with E-state index < -0.39 is 11.6 Å². The lowest BCUT2D eigenvalue weighted by molar-refractivity contribution is -0.132. The fourth-order valence-electron chi connectivity index (χ4n) is 2.90. The minimum absolute atomic E-state index is 0.0802. The van der Waals surface area contributed by atoms with Crippen LogP contribution < -0.4 is 5.32 Å². The second kappa shape index (κ2) is 8.99.